The topological polar surface area (TPSA) is 78.6 Å². The van der Waals surface area contributed by atoms with Crippen molar-refractivity contribution in [2.75, 3.05) is 0 Å². The van der Waals surface area contributed by atoms with Gasteiger partial charge in [-0.3, -0.25) is 9.59 Å². The molecule has 20 heavy (non-hydrogen) atoms. The summed E-state index contributed by atoms with van der Waals surface area (Å²) in [5, 5.41) is 0. The lowest BCUT2D eigenvalue weighted by molar-refractivity contribution is -0.150. The van der Waals surface area contributed by atoms with Gasteiger partial charge in [0.1, 0.15) is 12.6 Å². The molecule has 0 saturated carbocycles. The van der Waals surface area contributed by atoms with E-state index in [1.165, 1.54) is 0 Å². The zero-order chi connectivity index (χ0) is 15.0. The fraction of sp³-hybridized carbons (Fsp3) is 0.467. The van der Waals surface area contributed by atoms with Gasteiger partial charge in [0.15, 0.2) is 0 Å². The Balaban J connectivity index is 2.24. The Morgan fingerprint density at radius 1 is 1.20 bits per heavy atom. The second-order valence-electron chi connectivity index (χ2n) is 4.78. The van der Waals surface area contributed by atoms with Crippen molar-refractivity contribution in [2.24, 2.45) is 5.73 Å². The van der Waals surface area contributed by atoms with Crippen molar-refractivity contribution in [3.05, 3.63) is 35.9 Å². The summed E-state index contributed by atoms with van der Waals surface area (Å²) >= 11 is 0. The predicted molar refractivity (Wildman–Crippen MR) is 74.7 cm³/mol. The van der Waals surface area contributed by atoms with Gasteiger partial charge in [0.25, 0.3) is 0 Å². The molecule has 0 aromatic heterocycles. The average molecular weight is 279 g/mol. The fourth-order valence-corrected chi connectivity index (χ4v) is 1.52. The van der Waals surface area contributed by atoms with Crippen molar-refractivity contribution in [1.82, 2.24) is 0 Å². The van der Waals surface area contributed by atoms with Crippen LogP contribution in [-0.4, -0.2) is 24.1 Å². The Labute approximate surface area is 119 Å². The highest BCUT2D eigenvalue weighted by molar-refractivity contribution is 5.77. The van der Waals surface area contributed by atoms with Crippen LogP contribution in [0.5, 0.6) is 0 Å². The lowest BCUT2D eigenvalue weighted by Gasteiger charge is -2.13. The number of carbonyl (C=O) groups is 2. The van der Waals surface area contributed by atoms with Gasteiger partial charge in [-0.1, -0.05) is 30.3 Å². The van der Waals surface area contributed by atoms with Crippen LogP contribution in [0.25, 0.3) is 0 Å². The highest BCUT2D eigenvalue weighted by Gasteiger charge is 2.18. The van der Waals surface area contributed by atoms with Crippen molar-refractivity contribution < 1.29 is 19.1 Å². The molecule has 0 spiro atoms. The fourth-order valence-electron chi connectivity index (χ4n) is 1.52. The summed E-state index contributed by atoms with van der Waals surface area (Å²) in [7, 11) is 0. The molecule has 1 atom stereocenters. The minimum atomic E-state index is -0.790. The standard InChI is InChI=1S/C15H21NO4/c1-11(2)20-15(18)13(16)8-9-14(17)19-10-12-6-4-3-5-7-12/h3-7,11,13H,8-10,16H2,1-2H3. The molecule has 110 valence electrons. The van der Waals surface area contributed by atoms with E-state index in [-0.39, 0.29) is 31.5 Å². The van der Waals surface area contributed by atoms with E-state index in [0.29, 0.717) is 0 Å². The van der Waals surface area contributed by atoms with Gasteiger partial charge in [0.05, 0.1) is 6.10 Å². The average Bonchev–Trinajstić information content (AvgIpc) is 2.42. The van der Waals surface area contributed by atoms with Crippen LogP contribution < -0.4 is 5.73 Å². The Kier molecular flexibility index (Phi) is 6.73. The third-order valence-electron chi connectivity index (χ3n) is 2.56. The molecule has 0 heterocycles. The number of rotatable bonds is 7. The number of ether oxygens (including phenoxy) is 2. The number of esters is 2. The summed E-state index contributed by atoms with van der Waals surface area (Å²) in [5.74, 6) is -0.863. The first-order valence-electron chi connectivity index (χ1n) is 6.64. The van der Waals surface area contributed by atoms with E-state index < -0.39 is 12.0 Å². The number of hydrogen-bond acceptors (Lipinski definition) is 5. The molecule has 0 radical (unpaired) electrons. The van der Waals surface area contributed by atoms with Gasteiger partial charge < -0.3 is 15.2 Å². The van der Waals surface area contributed by atoms with Crippen LogP contribution in [0.15, 0.2) is 30.3 Å². The second-order valence-corrected chi connectivity index (χ2v) is 4.78. The first kappa shape index (κ1) is 16.2. The molecular formula is C15H21NO4. The maximum absolute atomic E-state index is 11.5. The Hall–Kier alpha value is -1.88. The molecule has 5 nitrogen and oxygen atoms in total. The second kappa shape index (κ2) is 8.32. The molecule has 0 bridgehead atoms. The smallest absolute Gasteiger partial charge is 0.323 e. The number of carbonyl (C=O) groups excluding carboxylic acids is 2. The molecule has 1 aromatic carbocycles. The van der Waals surface area contributed by atoms with E-state index in [2.05, 4.69) is 0 Å². The minimum Gasteiger partial charge on any atom is -0.462 e. The summed E-state index contributed by atoms with van der Waals surface area (Å²) in [6.45, 7) is 3.73. The lowest BCUT2D eigenvalue weighted by atomic mass is 10.1. The first-order valence-corrected chi connectivity index (χ1v) is 6.64. The van der Waals surface area contributed by atoms with Gasteiger partial charge in [-0.15, -0.1) is 0 Å². The van der Waals surface area contributed by atoms with Crippen molar-refractivity contribution in [2.45, 2.75) is 45.4 Å². The number of hydrogen-bond donors (Lipinski definition) is 1. The van der Waals surface area contributed by atoms with Crippen LogP contribution in [0.2, 0.25) is 0 Å². The molecule has 5 heteroatoms. The Bertz CT molecular complexity index is 431. The zero-order valence-corrected chi connectivity index (χ0v) is 11.9. The Morgan fingerprint density at radius 3 is 2.45 bits per heavy atom. The van der Waals surface area contributed by atoms with Crippen LogP contribution in [0, 0.1) is 0 Å². The van der Waals surface area contributed by atoms with Crippen molar-refractivity contribution >= 4 is 11.9 Å². The van der Waals surface area contributed by atoms with Crippen LogP contribution in [0.4, 0.5) is 0 Å². The largest absolute Gasteiger partial charge is 0.462 e. The van der Waals surface area contributed by atoms with Crippen molar-refractivity contribution in [3.63, 3.8) is 0 Å². The summed E-state index contributed by atoms with van der Waals surface area (Å²) in [6.07, 6.45) is 0.110. The molecule has 1 unspecified atom stereocenters. The third-order valence-corrected chi connectivity index (χ3v) is 2.56. The molecule has 0 fully saturated rings. The molecule has 0 amide bonds. The number of benzene rings is 1. The monoisotopic (exact) mass is 279 g/mol. The molecule has 1 aromatic rings. The van der Waals surface area contributed by atoms with Crippen LogP contribution in [-0.2, 0) is 25.7 Å². The predicted octanol–water partition coefficient (Wildman–Crippen LogP) is 1.79. The van der Waals surface area contributed by atoms with Gasteiger partial charge in [0, 0.05) is 6.42 Å². The third kappa shape index (κ3) is 6.33. The molecule has 0 aliphatic rings. The highest BCUT2D eigenvalue weighted by atomic mass is 16.5. The quantitative estimate of drug-likeness (QED) is 0.770. The maximum atomic E-state index is 11.5. The Morgan fingerprint density at radius 2 is 1.85 bits per heavy atom. The van der Waals surface area contributed by atoms with E-state index in [1.807, 2.05) is 30.3 Å². The molecule has 0 aliphatic carbocycles. The molecule has 0 saturated heterocycles. The summed E-state index contributed by atoms with van der Waals surface area (Å²) < 4.78 is 10.1. The van der Waals surface area contributed by atoms with Gasteiger partial charge in [-0.2, -0.15) is 0 Å². The van der Waals surface area contributed by atoms with Crippen molar-refractivity contribution in [3.8, 4) is 0 Å². The van der Waals surface area contributed by atoms with Gasteiger partial charge in [0.2, 0.25) is 0 Å². The molecule has 2 N–H and O–H groups in total. The normalized spacial score (nSPS) is 12.0. The summed E-state index contributed by atoms with van der Waals surface area (Å²) in [6, 6.07) is 8.60. The number of nitrogens with two attached hydrogens (primary N) is 1. The van der Waals surface area contributed by atoms with E-state index in [9.17, 15) is 9.59 Å². The molecule has 0 aliphatic heterocycles. The summed E-state index contributed by atoms with van der Waals surface area (Å²) in [4.78, 5) is 23.0. The van der Waals surface area contributed by atoms with Crippen LogP contribution in [0.3, 0.4) is 0 Å². The van der Waals surface area contributed by atoms with Gasteiger partial charge in [-0.25, -0.2) is 0 Å². The molecule has 1 rings (SSSR count). The zero-order valence-electron chi connectivity index (χ0n) is 11.9. The van der Waals surface area contributed by atoms with Crippen LogP contribution in [0.1, 0.15) is 32.3 Å². The van der Waals surface area contributed by atoms with Gasteiger partial charge >= 0.3 is 11.9 Å². The maximum Gasteiger partial charge on any atom is 0.323 e. The van der Waals surface area contributed by atoms with E-state index >= 15 is 0 Å². The first-order chi connectivity index (χ1) is 9.49. The summed E-state index contributed by atoms with van der Waals surface area (Å²) in [5.41, 5.74) is 6.56. The lowest BCUT2D eigenvalue weighted by Crippen LogP contribution is -2.34. The van der Waals surface area contributed by atoms with Crippen molar-refractivity contribution in [1.29, 1.82) is 0 Å². The minimum absolute atomic E-state index is 0.0984. The van der Waals surface area contributed by atoms with Gasteiger partial charge in [-0.05, 0) is 25.8 Å². The van der Waals surface area contributed by atoms with E-state index in [4.69, 9.17) is 15.2 Å². The SMILES string of the molecule is CC(C)OC(=O)C(N)CCC(=O)OCc1ccccc1. The van der Waals surface area contributed by atoms with E-state index in [1.54, 1.807) is 13.8 Å². The van der Waals surface area contributed by atoms with E-state index in [0.717, 1.165) is 5.56 Å². The highest BCUT2D eigenvalue weighted by Crippen LogP contribution is 2.05. The molecular weight excluding hydrogens is 258 g/mol. The van der Waals surface area contributed by atoms with Crippen LogP contribution >= 0.6 is 0 Å².